The molecule has 0 saturated carbocycles. The third-order valence-electron chi connectivity index (χ3n) is 1.37. The third-order valence-corrected chi connectivity index (χ3v) is 1.37. The van der Waals surface area contributed by atoms with E-state index in [1.54, 1.807) is 0 Å². The molecule has 13 heavy (non-hydrogen) atoms. The Bertz CT molecular complexity index is 256. The van der Waals surface area contributed by atoms with Gasteiger partial charge in [-0.1, -0.05) is 0 Å². The second-order valence-electron chi connectivity index (χ2n) is 2.55. The average Bonchev–Trinajstić information content (AvgIpc) is 2.63. The van der Waals surface area contributed by atoms with Crippen LogP contribution in [0.2, 0.25) is 0 Å². The molecule has 0 saturated heterocycles. The Labute approximate surface area is 88.1 Å². The van der Waals surface area contributed by atoms with Gasteiger partial charge in [-0.15, -0.1) is 0 Å². The smallest absolute Gasteiger partial charge is 0.250 e. The Morgan fingerprint density at radius 3 is 1.31 bits per heavy atom. The summed E-state index contributed by atoms with van der Waals surface area (Å²) in [7, 11) is 3.94. The van der Waals surface area contributed by atoms with Gasteiger partial charge in [-0.05, 0) is 0 Å². The van der Waals surface area contributed by atoms with Crippen LogP contribution >= 0.6 is 0 Å². The minimum Gasteiger partial charge on any atom is -0.250 e. The maximum Gasteiger partial charge on any atom is 2.00 e. The van der Waals surface area contributed by atoms with Gasteiger partial charge in [0.25, 0.3) is 0 Å². The molecule has 0 radical (unpaired) electrons. The summed E-state index contributed by atoms with van der Waals surface area (Å²) in [5.74, 6) is 0. The molecule has 0 fully saturated rings. The molecule has 70 valence electrons. The molecule has 2 rings (SSSR count). The number of hydrogen-bond acceptors (Lipinski definition) is 0. The number of hydrogen-bond donors (Lipinski definition) is 2. The molecule has 5 heteroatoms. The summed E-state index contributed by atoms with van der Waals surface area (Å²) in [4.78, 5) is 5.78. The van der Waals surface area contributed by atoms with Gasteiger partial charge in [-0.2, -0.15) is 0 Å². The van der Waals surface area contributed by atoms with Gasteiger partial charge >= 0.3 is 17.1 Å². The molecule has 0 aliphatic rings. The number of aryl methyl sites for hydroxylation is 2. The van der Waals surface area contributed by atoms with Gasteiger partial charge in [0.1, 0.15) is 24.8 Å². The molecule has 2 aromatic rings. The maximum absolute atomic E-state index is 2.89. The van der Waals surface area contributed by atoms with Crippen molar-refractivity contribution in [1.29, 1.82) is 0 Å². The predicted molar refractivity (Wildman–Crippen MR) is 43.9 cm³/mol. The number of nitrogens with one attached hydrogen (secondary N) is 2. The van der Waals surface area contributed by atoms with Gasteiger partial charge in [0.2, 0.25) is 12.7 Å². The van der Waals surface area contributed by atoms with Crippen molar-refractivity contribution < 1.29 is 26.2 Å². The summed E-state index contributed by atoms with van der Waals surface area (Å²) in [6.45, 7) is 0. The van der Waals surface area contributed by atoms with E-state index in [0.717, 1.165) is 0 Å². The number of H-pyrrole nitrogens is 2. The number of aromatic amines is 2. The van der Waals surface area contributed by atoms with E-state index in [1.807, 2.05) is 60.7 Å². The normalized spacial score (nSPS) is 8.15. The Morgan fingerprint density at radius 1 is 0.846 bits per heavy atom. The molecule has 0 atom stereocenters. The van der Waals surface area contributed by atoms with Gasteiger partial charge in [-0.3, -0.25) is 9.97 Å². The second kappa shape index (κ2) is 6.45. The van der Waals surface area contributed by atoms with Crippen LogP contribution in [0.4, 0.5) is 0 Å². The van der Waals surface area contributed by atoms with Gasteiger partial charge in [0.15, 0.2) is 0 Å². The number of rotatable bonds is 0. The van der Waals surface area contributed by atoms with Crippen LogP contribution in [0.1, 0.15) is 0 Å². The molecule has 0 aromatic carbocycles. The molecule has 0 aliphatic heterocycles. The molecule has 2 aromatic heterocycles. The number of aromatic nitrogens is 4. The second-order valence-corrected chi connectivity index (χ2v) is 2.55. The van der Waals surface area contributed by atoms with Gasteiger partial charge in [0, 0.05) is 0 Å². The molecule has 4 nitrogen and oxygen atoms in total. The molecule has 0 unspecified atom stereocenters. The van der Waals surface area contributed by atoms with E-state index in [0.29, 0.717) is 0 Å². The SMILES string of the molecule is C[n+]1cc[nH]c1.C[n+]1cc[nH]c1.[Fe+2]. The van der Waals surface area contributed by atoms with E-state index in [1.165, 1.54) is 0 Å². The minimum absolute atomic E-state index is 0. The molecule has 0 bridgehead atoms. The Morgan fingerprint density at radius 2 is 1.23 bits per heavy atom. The summed E-state index contributed by atoms with van der Waals surface area (Å²) >= 11 is 0. The largest absolute Gasteiger partial charge is 2.00 e. The zero-order valence-electron chi connectivity index (χ0n) is 7.71. The molecular formula is C8H14FeN4+4. The van der Waals surface area contributed by atoms with Gasteiger partial charge < -0.3 is 0 Å². The third kappa shape index (κ3) is 5.22. The van der Waals surface area contributed by atoms with Crippen molar-refractivity contribution in [3.8, 4) is 0 Å². The van der Waals surface area contributed by atoms with Crippen LogP contribution in [0.15, 0.2) is 37.4 Å². The van der Waals surface area contributed by atoms with Crippen molar-refractivity contribution in [3.63, 3.8) is 0 Å². The van der Waals surface area contributed by atoms with Crippen LogP contribution in [0.3, 0.4) is 0 Å². The van der Waals surface area contributed by atoms with E-state index < -0.39 is 0 Å². The maximum atomic E-state index is 2.89. The van der Waals surface area contributed by atoms with Crippen LogP contribution in [0, 0.1) is 0 Å². The zero-order chi connectivity index (χ0) is 8.81. The van der Waals surface area contributed by atoms with Crippen molar-refractivity contribution in [2.24, 2.45) is 14.1 Å². The first-order valence-electron chi connectivity index (χ1n) is 3.75. The molecule has 0 spiro atoms. The Kier molecular flexibility index (Phi) is 5.93. The fourth-order valence-electron chi connectivity index (χ4n) is 0.728. The summed E-state index contributed by atoms with van der Waals surface area (Å²) in [5, 5.41) is 0. The van der Waals surface area contributed by atoms with Crippen molar-refractivity contribution in [3.05, 3.63) is 37.4 Å². The summed E-state index contributed by atoms with van der Waals surface area (Å²) in [6, 6.07) is 0. The fraction of sp³-hybridized carbons (Fsp3) is 0.250. The van der Waals surface area contributed by atoms with E-state index in [9.17, 15) is 0 Å². The van der Waals surface area contributed by atoms with Crippen molar-refractivity contribution >= 4 is 0 Å². The quantitative estimate of drug-likeness (QED) is 0.453. The Hall–Kier alpha value is -1.06. The predicted octanol–water partition coefficient (Wildman–Crippen LogP) is -0.324. The monoisotopic (exact) mass is 222 g/mol. The van der Waals surface area contributed by atoms with Crippen LogP contribution < -0.4 is 9.13 Å². The summed E-state index contributed by atoms with van der Waals surface area (Å²) in [5.41, 5.74) is 0. The fourth-order valence-corrected chi connectivity index (χ4v) is 0.728. The topological polar surface area (TPSA) is 39.3 Å². The number of nitrogens with zero attached hydrogens (tertiary/aromatic N) is 2. The first kappa shape index (κ1) is 11.9. The zero-order valence-corrected chi connectivity index (χ0v) is 8.82. The molecule has 2 heterocycles. The van der Waals surface area contributed by atoms with E-state index in [2.05, 4.69) is 9.97 Å². The van der Waals surface area contributed by atoms with Crippen molar-refractivity contribution in [2.75, 3.05) is 0 Å². The first-order valence-corrected chi connectivity index (χ1v) is 3.75. The van der Waals surface area contributed by atoms with Crippen LogP contribution in [-0.2, 0) is 31.2 Å². The molecule has 0 amide bonds. The van der Waals surface area contributed by atoms with Crippen molar-refractivity contribution in [1.82, 2.24) is 9.97 Å². The van der Waals surface area contributed by atoms with Gasteiger partial charge in [0.05, 0.1) is 14.1 Å². The average molecular weight is 222 g/mol. The Balaban J connectivity index is 0.000000206. The summed E-state index contributed by atoms with van der Waals surface area (Å²) in [6.07, 6.45) is 11.4. The van der Waals surface area contributed by atoms with Gasteiger partial charge in [-0.25, -0.2) is 9.13 Å². The number of imidazole rings is 2. The van der Waals surface area contributed by atoms with E-state index >= 15 is 0 Å². The molecular weight excluding hydrogens is 208 g/mol. The standard InChI is InChI=1S/2C4H6N2.Fe/c2*1-6-3-2-5-4-6;/h2*2-4H,1H3;/q;;+2/p+2. The van der Waals surface area contributed by atoms with Crippen LogP contribution in [-0.4, -0.2) is 9.97 Å². The first-order chi connectivity index (χ1) is 5.79. The minimum atomic E-state index is 0. The van der Waals surface area contributed by atoms with Crippen molar-refractivity contribution in [2.45, 2.75) is 0 Å². The van der Waals surface area contributed by atoms with E-state index in [-0.39, 0.29) is 17.1 Å². The van der Waals surface area contributed by atoms with Crippen LogP contribution in [0.25, 0.3) is 0 Å². The van der Waals surface area contributed by atoms with Crippen LogP contribution in [0.5, 0.6) is 0 Å². The molecule has 0 aliphatic carbocycles. The summed E-state index contributed by atoms with van der Waals surface area (Å²) < 4.78 is 3.89. The molecule has 2 N–H and O–H groups in total. The van der Waals surface area contributed by atoms with E-state index in [4.69, 9.17) is 0 Å².